The second kappa shape index (κ2) is 4.40. The topological polar surface area (TPSA) is 17.1 Å². The van der Waals surface area contributed by atoms with Gasteiger partial charge in [0, 0.05) is 0 Å². The molecule has 0 aliphatic heterocycles. The Kier molecular flexibility index (Phi) is 3.47. The largest absolute Gasteiger partial charge is 0.299 e. The second-order valence-electron chi connectivity index (χ2n) is 4.54. The third-order valence-corrected chi connectivity index (χ3v) is 2.58. The molecule has 0 unspecified atom stereocenters. The summed E-state index contributed by atoms with van der Waals surface area (Å²) in [4.78, 5) is 10.1. The molecule has 0 radical (unpaired) electrons. The average molecular weight is 178 g/mol. The summed E-state index contributed by atoms with van der Waals surface area (Å²) in [6, 6.07) is 0. The third-order valence-electron chi connectivity index (χ3n) is 2.58. The molecule has 1 aliphatic carbocycles. The molecule has 0 spiro atoms. The molecule has 0 aromatic rings. The number of rotatable bonds is 2. The Bertz CT molecular complexity index is 234. The highest BCUT2D eigenvalue weighted by molar-refractivity contribution is 5.65. The minimum atomic E-state index is 0.457. The van der Waals surface area contributed by atoms with E-state index in [9.17, 15) is 4.79 Å². The summed E-state index contributed by atoms with van der Waals surface area (Å²) < 4.78 is 0. The van der Waals surface area contributed by atoms with E-state index in [4.69, 9.17) is 0 Å². The van der Waals surface area contributed by atoms with E-state index in [1.54, 1.807) is 6.08 Å². The van der Waals surface area contributed by atoms with Crippen molar-refractivity contribution in [3.8, 4) is 0 Å². The van der Waals surface area contributed by atoms with Crippen LogP contribution in [0.3, 0.4) is 0 Å². The average Bonchev–Trinajstić information content (AvgIpc) is 2.03. The number of hydrogen-bond acceptors (Lipinski definition) is 1. The maximum Gasteiger partial charge on any atom is 0.142 e. The molecular weight excluding hydrogens is 160 g/mol. The van der Waals surface area contributed by atoms with Crippen LogP contribution in [0.15, 0.2) is 23.8 Å². The zero-order chi connectivity index (χ0) is 9.73. The van der Waals surface area contributed by atoms with E-state index in [2.05, 4.69) is 19.9 Å². The van der Waals surface area contributed by atoms with Gasteiger partial charge in [-0.25, -0.2) is 0 Å². The third kappa shape index (κ3) is 3.58. The highest BCUT2D eigenvalue weighted by Gasteiger charge is 2.23. The van der Waals surface area contributed by atoms with Crippen LogP contribution in [-0.2, 0) is 4.79 Å². The molecule has 0 amide bonds. The fraction of sp³-hybridized carbons (Fsp3) is 0.583. The van der Waals surface area contributed by atoms with Crippen LogP contribution in [0.1, 0.15) is 39.5 Å². The summed E-state index contributed by atoms with van der Waals surface area (Å²) in [5.41, 5.74) is 1.94. The van der Waals surface area contributed by atoms with Gasteiger partial charge < -0.3 is 0 Å². The number of allylic oxidation sites excluding steroid dienone is 4. The lowest BCUT2D eigenvalue weighted by Gasteiger charge is -2.31. The summed E-state index contributed by atoms with van der Waals surface area (Å²) in [7, 11) is 0. The van der Waals surface area contributed by atoms with Crippen molar-refractivity contribution in [3.63, 3.8) is 0 Å². The van der Waals surface area contributed by atoms with Gasteiger partial charge >= 0.3 is 0 Å². The van der Waals surface area contributed by atoms with E-state index in [0.29, 0.717) is 5.41 Å². The first-order valence-corrected chi connectivity index (χ1v) is 4.94. The summed E-state index contributed by atoms with van der Waals surface area (Å²) in [6.07, 6.45) is 11.3. The SMILES string of the molecule is CC1(C)CCC/C(=C/C=C/C=O)C1. The van der Waals surface area contributed by atoms with Crippen LogP contribution < -0.4 is 0 Å². The molecule has 0 atom stereocenters. The van der Waals surface area contributed by atoms with Crippen molar-refractivity contribution in [3.05, 3.63) is 23.8 Å². The minimum absolute atomic E-state index is 0.457. The molecule has 1 aliphatic rings. The summed E-state index contributed by atoms with van der Waals surface area (Å²) in [6.45, 7) is 4.62. The molecule has 72 valence electrons. The molecule has 0 heterocycles. The highest BCUT2D eigenvalue weighted by atomic mass is 16.1. The zero-order valence-electron chi connectivity index (χ0n) is 8.55. The quantitative estimate of drug-likeness (QED) is 0.468. The van der Waals surface area contributed by atoms with Crippen molar-refractivity contribution >= 4 is 6.29 Å². The second-order valence-corrected chi connectivity index (χ2v) is 4.54. The Morgan fingerprint density at radius 1 is 1.31 bits per heavy atom. The molecule has 13 heavy (non-hydrogen) atoms. The monoisotopic (exact) mass is 178 g/mol. The van der Waals surface area contributed by atoms with Gasteiger partial charge in [0.05, 0.1) is 0 Å². The van der Waals surface area contributed by atoms with Gasteiger partial charge in [-0.15, -0.1) is 0 Å². The summed E-state index contributed by atoms with van der Waals surface area (Å²) in [5, 5.41) is 0. The Morgan fingerprint density at radius 2 is 2.08 bits per heavy atom. The number of carbonyl (C=O) groups is 1. The van der Waals surface area contributed by atoms with Gasteiger partial charge in [-0.3, -0.25) is 4.79 Å². The molecule has 0 bridgehead atoms. The Balaban J connectivity index is 2.56. The van der Waals surface area contributed by atoms with Crippen LogP contribution >= 0.6 is 0 Å². The number of carbonyl (C=O) groups excluding carboxylic acids is 1. The predicted molar refractivity (Wildman–Crippen MR) is 55.5 cm³/mol. The Hall–Kier alpha value is -0.850. The Labute approximate surface area is 80.5 Å². The van der Waals surface area contributed by atoms with Crippen LogP contribution in [0.2, 0.25) is 0 Å². The lowest BCUT2D eigenvalue weighted by molar-refractivity contribution is -0.104. The standard InChI is InChI=1S/C12H18O/c1-12(2)8-5-7-11(10-12)6-3-4-9-13/h3-4,6,9H,5,7-8,10H2,1-2H3/b4-3+,11-6-. The van der Waals surface area contributed by atoms with Gasteiger partial charge in [-0.2, -0.15) is 0 Å². The van der Waals surface area contributed by atoms with Crippen molar-refractivity contribution in [2.75, 3.05) is 0 Å². The maximum atomic E-state index is 10.1. The van der Waals surface area contributed by atoms with Crippen LogP contribution in [0.5, 0.6) is 0 Å². The van der Waals surface area contributed by atoms with Gasteiger partial charge in [0.2, 0.25) is 0 Å². The molecule has 0 N–H and O–H groups in total. The van der Waals surface area contributed by atoms with E-state index in [0.717, 1.165) is 6.29 Å². The van der Waals surface area contributed by atoms with E-state index in [1.165, 1.54) is 31.3 Å². The fourth-order valence-electron chi connectivity index (χ4n) is 1.96. The van der Waals surface area contributed by atoms with Gasteiger partial charge in [0.1, 0.15) is 6.29 Å². The highest BCUT2D eigenvalue weighted by Crippen LogP contribution is 2.37. The normalized spacial score (nSPS) is 25.2. The van der Waals surface area contributed by atoms with E-state index < -0.39 is 0 Å². The molecule has 0 aromatic carbocycles. The van der Waals surface area contributed by atoms with Gasteiger partial charge in [-0.05, 0) is 37.2 Å². The molecule has 1 rings (SSSR count). The van der Waals surface area contributed by atoms with E-state index in [1.807, 2.05) is 6.08 Å². The van der Waals surface area contributed by atoms with Crippen molar-refractivity contribution in [2.45, 2.75) is 39.5 Å². The lowest BCUT2D eigenvalue weighted by Crippen LogP contribution is -2.16. The van der Waals surface area contributed by atoms with E-state index >= 15 is 0 Å². The molecule has 1 saturated carbocycles. The summed E-state index contributed by atoms with van der Waals surface area (Å²) in [5.74, 6) is 0. The zero-order valence-corrected chi connectivity index (χ0v) is 8.55. The molecule has 1 fully saturated rings. The van der Waals surface area contributed by atoms with Gasteiger partial charge in [0.15, 0.2) is 0 Å². The van der Waals surface area contributed by atoms with Crippen molar-refractivity contribution < 1.29 is 4.79 Å². The lowest BCUT2D eigenvalue weighted by atomic mass is 9.75. The number of hydrogen-bond donors (Lipinski definition) is 0. The van der Waals surface area contributed by atoms with Crippen molar-refractivity contribution in [1.29, 1.82) is 0 Å². The van der Waals surface area contributed by atoms with Crippen molar-refractivity contribution in [2.24, 2.45) is 5.41 Å². The molecule has 0 aromatic heterocycles. The van der Waals surface area contributed by atoms with Gasteiger partial charge in [-0.1, -0.05) is 31.6 Å². The molecule has 0 saturated heterocycles. The smallest absolute Gasteiger partial charge is 0.142 e. The fourth-order valence-corrected chi connectivity index (χ4v) is 1.96. The predicted octanol–water partition coefficient (Wildman–Crippen LogP) is 3.27. The van der Waals surface area contributed by atoms with Gasteiger partial charge in [0.25, 0.3) is 0 Å². The van der Waals surface area contributed by atoms with E-state index in [-0.39, 0.29) is 0 Å². The minimum Gasteiger partial charge on any atom is -0.299 e. The molecular formula is C12H18O. The van der Waals surface area contributed by atoms with Crippen molar-refractivity contribution in [1.82, 2.24) is 0 Å². The van der Waals surface area contributed by atoms with Crippen LogP contribution in [0, 0.1) is 5.41 Å². The van der Waals surface area contributed by atoms with Crippen LogP contribution in [0.4, 0.5) is 0 Å². The van der Waals surface area contributed by atoms with Crippen LogP contribution in [-0.4, -0.2) is 6.29 Å². The Morgan fingerprint density at radius 3 is 2.69 bits per heavy atom. The first kappa shape index (κ1) is 10.2. The molecule has 1 nitrogen and oxygen atoms in total. The van der Waals surface area contributed by atoms with Crippen LogP contribution in [0.25, 0.3) is 0 Å². The first-order valence-electron chi connectivity index (χ1n) is 4.94. The first-order chi connectivity index (χ1) is 6.14. The summed E-state index contributed by atoms with van der Waals surface area (Å²) >= 11 is 0. The maximum absolute atomic E-state index is 10.1. The molecule has 1 heteroatoms. The number of aldehydes is 1.